The topological polar surface area (TPSA) is 96.8 Å². The van der Waals surface area contributed by atoms with E-state index in [2.05, 4.69) is 10.0 Å². The van der Waals surface area contributed by atoms with Gasteiger partial charge < -0.3 is 19.1 Å². The van der Waals surface area contributed by atoms with Crippen LogP contribution in [-0.4, -0.2) is 43.6 Å². The van der Waals surface area contributed by atoms with Crippen molar-refractivity contribution in [2.24, 2.45) is 5.11 Å². The molecule has 0 radical (unpaired) electrons. The number of anilines is 1. The van der Waals surface area contributed by atoms with Crippen LogP contribution in [0.5, 0.6) is 5.75 Å². The first kappa shape index (κ1) is 15.6. The molecule has 3 atom stereocenters. The molecule has 0 aromatic heterocycles. The minimum absolute atomic E-state index is 0.244. The molecule has 0 unspecified atom stereocenters. The highest BCUT2D eigenvalue weighted by Crippen LogP contribution is 2.37. The standard InChI is InChI=1S/C15H18N4O4/c1-15(2)22-8-11(23-15)13-12(17-18-16)14(20)19(13)9-4-6-10(21-3)7-5-9/h4-7,11-13H,8H2,1-3H3/t11-,12+,13+/m1/s1. The van der Waals surface area contributed by atoms with Crippen molar-refractivity contribution in [1.82, 2.24) is 0 Å². The Bertz CT molecular complexity index is 654. The first-order valence-corrected chi connectivity index (χ1v) is 7.30. The van der Waals surface area contributed by atoms with Gasteiger partial charge in [0.2, 0.25) is 5.91 Å². The summed E-state index contributed by atoms with van der Waals surface area (Å²) in [5, 5.41) is 3.62. The van der Waals surface area contributed by atoms with Gasteiger partial charge in [0.25, 0.3) is 0 Å². The predicted octanol–water partition coefficient (Wildman–Crippen LogP) is 2.24. The summed E-state index contributed by atoms with van der Waals surface area (Å²) in [6, 6.07) is 5.97. The first-order chi connectivity index (χ1) is 11.0. The lowest BCUT2D eigenvalue weighted by Gasteiger charge is -2.47. The van der Waals surface area contributed by atoms with Gasteiger partial charge >= 0.3 is 0 Å². The maximum Gasteiger partial charge on any atom is 0.238 e. The summed E-state index contributed by atoms with van der Waals surface area (Å²) in [4.78, 5) is 16.7. The Labute approximate surface area is 133 Å². The molecule has 2 aliphatic heterocycles. The molecule has 3 rings (SSSR count). The fraction of sp³-hybridized carbons (Fsp3) is 0.533. The highest BCUT2D eigenvalue weighted by Gasteiger charge is 2.55. The molecule has 122 valence electrons. The molecule has 2 heterocycles. The predicted molar refractivity (Wildman–Crippen MR) is 82.1 cm³/mol. The molecule has 0 saturated carbocycles. The van der Waals surface area contributed by atoms with Gasteiger partial charge in [-0.25, -0.2) is 0 Å². The number of nitrogens with zero attached hydrogens (tertiary/aromatic N) is 4. The Morgan fingerprint density at radius 2 is 2.09 bits per heavy atom. The zero-order valence-electron chi connectivity index (χ0n) is 13.2. The molecule has 1 aromatic rings. The minimum atomic E-state index is -0.774. The van der Waals surface area contributed by atoms with E-state index in [9.17, 15) is 4.79 Å². The summed E-state index contributed by atoms with van der Waals surface area (Å²) in [6.07, 6.45) is -0.347. The molecule has 8 heteroatoms. The lowest BCUT2D eigenvalue weighted by atomic mass is 9.90. The Kier molecular flexibility index (Phi) is 3.89. The van der Waals surface area contributed by atoms with Crippen molar-refractivity contribution in [3.05, 3.63) is 34.7 Å². The van der Waals surface area contributed by atoms with Crippen molar-refractivity contribution in [2.75, 3.05) is 18.6 Å². The van der Waals surface area contributed by atoms with E-state index >= 15 is 0 Å². The molecule has 2 aliphatic rings. The van der Waals surface area contributed by atoms with E-state index in [1.807, 2.05) is 13.8 Å². The van der Waals surface area contributed by atoms with Crippen LogP contribution < -0.4 is 9.64 Å². The number of carbonyl (C=O) groups excluding carboxylic acids is 1. The van der Waals surface area contributed by atoms with Crippen LogP contribution in [0.3, 0.4) is 0 Å². The van der Waals surface area contributed by atoms with E-state index in [1.165, 1.54) is 0 Å². The van der Waals surface area contributed by atoms with Crippen molar-refractivity contribution in [2.45, 2.75) is 37.8 Å². The SMILES string of the molecule is COc1ccc(N2C(=O)[C@@H](N=[N+]=[N-])[C@@H]2[C@H]2COC(C)(C)O2)cc1. The van der Waals surface area contributed by atoms with Gasteiger partial charge in [-0.3, -0.25) is 4.79 Å². The second kappa shape index (κ2) is 5.73. The van der Waals surface area contributed by atoms with Crippen molar-refractivity contribution in [1.29, 1.82) is 0 Å². The van der Waals surface area contributed by atoms with E-state index in [4.69, 9.17) is 19.7 Å². The average molecular weight is 318 g/mol. The third kappa shape index (κ3) is 2.72. The summed E-state index contributed by atoms with van der Waals surface area (Å²) < 4.78 is 16.6. The van der Waals surface area contributed by atoms with Crippen LogP contribution in [-0.2, 0) is 14.3 Å². The summed E-state index contributed by atoms with van der Waals surface area (Å²) in [7, 11) is 1.58. The van der Waals surface area contributed by atoms with Gasteiger partial charge in [0.1, 0.15) is 17.9 Å². The van der Waals surface area contributed by atoms with Crippen LogP contribution in [0.1, 0.15) is 13.8 Å². The Morgan fingerprint density at radius 3 is 2.61 bits per heavy atom. The highest BCUT2D eigenvalue weighted by atomic mass is 16.7. The zero-order chi connectivity index (χ0) is 16.6. The molecule has 1 aromatic carbocycles. The summed E-state index contributed by atoms with van der Waals surface area (Å²) >= 11 is 0. The quantitative estimate of drug-likeness (QED) is 0.368. The number of hydrogen-bond acceptors (Lipinski definition) is 5. The lowest BCUT2D eigenvalue weighted by Crippen LogP contribution is -2.69. The maximum atomic E-state index is 12.4. The van der Waals surface area contributed by atoms with Crippen molar-refractivity contribution in [3.8, 4) is 5.75 Å². The Morgan fingerprint density at radius 1 is 1.39 bits per heavy atom. The average Bonchev–Trinajstić information content (AvgIpc) is 2.89. The summed E-state index contributed by atoms with van der Waals surface area (Å²) in [5.41, 5.74) is 9.41. The van der Waals surface area contributed by atoms with Crippen molar-refractivity contribution in [3.63, 3.8) is 0 Å². The third-order valence-electron chi connectivity index (χ3n) is 4.05. The number of carbonyl (C=O) groups is 1. The number of ether oxygens (including phenoxy) is 3. The zero-order valence-corrected chi connectivity index (χ0v) is 13.2. The molecule has 0 aliphatic carbocycles. The fourth-order valence-corrected chi connectivity index (χ4v) is 2.96. The van der Waals surface area contributed by atoms with E-state index in [1.54, 1.807) is 36.3 Å². The maximum absolute atomic E-state index is 12.4. The monoisotopic (exact) mass is 318 g/mol. The van der Waals surface area contributed by atoms with E-state index < -0.39 is 11.8 Å². The largest absolute Gasteiger partial charge is 0.497 e. The normalized spacial score (nSPS) is 28.9. The second-order valence-corrected chi connectivity index (χ2v) is 5.91. The smallest absolute Gasteiger partial charge is 0.238 e. The van der Waals surface area contributed by atoms with Gasteiger partial charge in [-0.15, -0.1) is 0 Å². The second-order valence-electron chi connectivity index (χ2n) is 5.91. The van der Waals surface area contributed by atoms with E-state index in [0.717, 1.165) is 0 Å². The first-order valence-electron chi connectivity index (χ1n) is 7.30. The lowest BCUT2D eigenvalue weighted by molar-refractivity contribution is -0.148. The molecular formula is C15H18N4O4. The molecule has 23 heavy (non-hydrogen) atoms. The highest BCUT2D eigenvalue weighted by molar-refractivity contribution is 6.06. The van der Waals surface area contributed by atoms with Gasteiger partial charge in [-0.2, -0.15) is 0 Å². The Balaban J connectivity index is 1.88. The molecule has 0 spiro atoms. The Hall–Kier alpha value is -2.28. The number of amides is 1. The number of azide groups is 1. The van der Waals surface area contributed by atoms with Gasteiger partial charge in [0, 0.05) is 10.6 Å². The number of hydrogen-bond donors (Lipinski definition) is 0. The number of methoxy groups -OCH3 is 1. The van der Waals surface area contributed by atoms with Gasteiger partial charge in [-0.1, -0.05) is 5.11 Å². The fourth-order valence-electron chi connectivity index (χ4n) is 2.96. The van der Waals surface area contributed by atoms with Crippen LogP contribution in [0.15, 0.2) is 29.4 Å². The van der Waals surface area contributed by atoms with E-state index in [0.29, 0.717) is 18.0 Å². The third-order valence-corrected chi connectivity index (χ3v) is 4.05. The molecular weight excluding hydrogens is 300 g/mol. The summed E-state index contributed by atoms with van der Waals surface area (Å²) in [5.74, 6) is -0.256. The molecule has 2 fully saturated rings. The van der Waals surface area contributed by atoms with Crippen LogP contribution in [0, 0.1) is 0 Å². The molecule has 0 N–H and O–H groups in total. The number of benzene rings is 1. The number of β-lactam (4-membered cyclic amide) rings is 1. The molecule has 8 nitrogen and oxygen atoms in total. The molecule has 0 bridgehead atoms. The van der Waals surface area contributed by atoms with Gasteiger partial charge in [0.05, 0.1) is 19.8 Å². The van der Waals surface area contributed by atoms with Crippen molar-refractivity contribution >= 4 is 11.6 Å². The van der Waals surface area contributed by atoms with Crippen molar-refractivity contribution < 1.29 is 19.0 Å². The van der Waals surface area contributed by atoms with Crippen LogP contribution >= 0.6 is 0 Å². The number of rotatable bonds is 4. The van der Waals surface area contributed by atoms with Gasteiger partial charge in [-0.05, 0) is 43.6 Å². The van der Waals surface area contributed by atoms with Gasteiger partial charge in [0.15, 0.2) is 5.79 Å². The van der Waals surface area contributed by atoms with Crippen LogP contribution in [0.2, 0.25) is 0 Å². The molecule has 1 amide bonds. The summed E-state index contributed by atoms with van der Waals surface area (Å²) in [6.45, 7) is 3.97. The van der Waals surface area contributed by atoms with Crippen LogP contribution in [0.4, 0.5) is 5.69 Å². The van der Waals surface area contributed by atoms with Crippen LogP contribution in [0.25, 0.3) is 10.4 Å². The minimum Gasteiger partial charge on any atom is -0.497 e. The van der Waals surface area contributed by atoms with E-state index in [-0.39, 0.29) is 18.1 Å². The molecule has 2 saturated heterocycles.